The molecule has 0 bridgehead atoms. The Morgan fingerprint density at radius 3 is 2.89 bits per heavy atom. The van der Waals surface area contributed by atoms with Gasteiger partial charge in [0.15, 0.2) is 5.82 Å². The van der Waals surface area contributed by atoms with Gasteiger partial charge in [-0.15, -0.1) is 0 Å². The molecule has 7 heteroatoms. The summed E-state index contributed by atoms with van der Waals surface area (Å²) in [7, 11) is 0. The van der Waals surface area contributed by atoms with Crippen molar-refractivity contribution in [3.63, 3.8) is 0 Å². The lowest BCUT2D eigenvalue weighted by Gasteiger charge is -2.25. The maximum Gasteiger partial charge on any atom is 0.234 e. The average Bonchev–Trinajstić information content (AvgIpc) is 3.07. The number of rotatable bonds is 5. The van der Waals surface area contributed by atoms with E-state index >= 15 is 0 Å². The fraction of sp³-hybridized carbons (Fsp3) is 0.524. The molecule has 1 aliphatic carbocycles. The molecule has 7 nitrogen and oxygen atoms in total. The summed E-state index contributed by atoms with van der Waals surface area (Å²) >= 11 is 0. The molecule has 0 saturated carbocycles. The molecule has 28 heavy (non-hydrogen) atoms. The zero-order valence-electron chi connectivity index (χ0n) is 16.5. The summed E-state index contributed by atoms with van der Waals surface area (Å²) in [4.78, 5) is 30.6. The first-order valence-corrected chi connectivity index (χ1v) is 10.3. The Bertz CT molecular complexity index is 825. The number of pyridine rings is 1. The van der Waals surface area contributed by atoms with Crippen LogP contribution in [0.1, 0.15) is 31.0 Å². The number of anilines is 1. The lowest BCUT2D eigenvalue weighted by Crippen LogP contribution is -2.39. The van der Waals surface area contributed by atoms with Crippen molar-refractivity contribution in [3.05, 3.63) is 35.8 Å². The van der Waals surface area contributed by atoms with Crippen LogP contribution in [0.3, 0.4) is 0 Å². The van der Waals surface area contributed by atoms with Gasteiger partial charge in [-0.05, 0) is 44.7 Å². The number of carbonyl (C=O) groups is 1. The monoisotopic (exact) mass is 380 g/mol. The molecule has 3 heterocycles. The van der Waals surface area contributed by atoms with E-state index in [0.29, 0.717) is 13.1 Å². The average molecular weight is 380 g/mol. The number of aryl methyl sites for hydroxylation is 1. The van der Waals surface area contributed by atoms with E-state index in [4.69, 9.17) is 9.97 Å². The standard InChI is InChI=1S/C21H28N6O/c1-2-23-19(28)15-26-10-5-11-27(13-12-26)21-17-7-3-8-18(17)24-20(25-21)16-6-4-9-22-14-16/h4,6,9,14H,2-3,5,7-8,10-13,15H2,1H3,(H,23,28). The van der Waals surface area contributed by atoms with Crippen LogP contribution in [0.5, 0.6) is 0 Å². The Balaban J connectivity index is 1.55. The molecule has 2 aliphatic rings. The van der Waals surface area contributed by atoms with Gasteiger partial charge in [0.05, 0.1) is 6.54 Å². The minimum absolute atomic E-state index is 0.109. The van der Waals surface area contributed by atoms with Gasteiger partial charge in [0.2, 0.25) is 5.91 Å². The van der Waals surface area contributed by atoms with E-state index in [2.05, 4.69) is 20.1 Å². The van der Waals surface area contributed by atoms with Crippen LogP contribution in [-0.2, 0) is 17.6 Å². The van der Waals surface area contributed by atoms with Crippen LogP contribution in [-0.4, -0.2) is 65.0 Å². The molecule has 4 rings (SSSR count). The summed E-state index contributed by atoms with van der Waals surface area (Å²) in [5.74, 6) is 1.96. The molecule has 0 radical (unpaired) electrons. The zero-order valence-corrected chi connectivity index (χ0v) is 16.5. The maximum absolute atomic E-state index is 11.9. The summed E-state index contributed by atoms with van der Waals surface area (Å²) in [6.07, 6.45) is 7.85. The van der Waals surface area contributed by atoms with Crippen LogP contribution in [0.4, 0.5) is 5.82 Å². The Hall–Kier alpha value is -2.54. The van der Waals surface area contributed by atoms with Crippen molar-refractivity contribution in [1.29, 1.82) is 0 Å². The Kier molecular flexibility index (Phi) is 5.81. The van der Waals surface area contributed by atoms with Gasteiger partial charge in [-0.3, -0.25) is 14.7 Å². The first-order valence-electron chi connectivity index (χ1n) is 10.3. The minimum Gasteiger partial charge on any atom is -0.355 e. The van der Waals surface area contributed by atoms with Crippen LogP contribution in [0.15, 0.2) is 24.5 Å². The van der Waals surface area contributed by atoms with E-state index in [1.807, 2.05) is 25.3 Å². The van der Waals surface area contributed by atoms with Crippen LogP contribution >= 0.6 is 0 Å². The van der Waals surface area contributed by atoms with Gasteiger partial charge in [-0.1, -0.05) is 0 Å². The van der Waals surface area contributed by atoms with Crippen molar-refractivity contribution in [2.75, 3.05) is 44.2 Å². The summed E-state index contributed by atoms with van der Waals surface area (Å²) < 4.78 is 0. The highest BCUT2D eigenvalue weighted by Gasteiger charge is 2.25. The van der Waals surface area contributed by atoms with Crippen molar-refractivity contribution >= 4 is 11.7 Å². The van der Waals surface area contributed by atoms with Crippen LogP contribution in [0.25, 0.3) is 11.4 Å². The first-order chi connectivity index (χ1) is 13.7. The third-order valence-electron chi connectivity index (χ3n) is 5.46. The zero-order chi connectivity index (χ0) is 19.3. The molecule has 0 spiro atoms. The highest BCUT2D eigenvalue weighted by molar-refractivity contribution is 5.77. The predicted molar refractivity (Wildman–Crippen MR) is 109 cm³/mol. The fourth-order valence-corrected chi connectivity index (χ4v) is 4.10. The van der Waals surface area contributed by atoms with Crippen molar-refractivity contribution in [2.24, 2.45) is 0 Å². The lowest BCUT2D eigenvalue weighted by molar-refractivity contribution is -0.122. The second-order valence-corrected chi connectivity index (χ2v) is 7.46. The van der Waals surface area contributed by atoms with Crippen LogP contribution in [0, 0.1) is 0 Å². The molecule has 2 aromatic rings. The topological polar surface area (TPSA) is 74.2 Å². The molecule has 0 atom stereocenters. The summed E-state index contributed by atoms with van der Waals surface area (Å²) in [6, 6.07) is 3.95. The first kappa shape index (κ1) is 18.8. The fourth-order valence-electron chi connectivity index (χ4n) is 4.10. The van der Waals surface area contributed by atoms with Gasteiger partial charge in [0, 0.05) is 61.9 Å². The Morgan fingerprint density at radius 1 is 1.14 bits per heavy atom. The Labute approximate surface area is 166 Å². The van der Waals surface area contributed by atoms with Crippen molar-refractivity contribution in [1.82, 2.24) is 25.2 Å². The van der Waals surface area contributed by atoms with E-state index < -0.39 is 0 Å². The number of likely N-dealkylation sites (N-methyl/N-ethyl adjacent to an activating group) is 1. The Morgan fingerprint density at radius 2 is 2.07 bits per heavy atom. The van der Waals surface area contributed by atoms with E-state index in [1.165, 1.54) is 11.3 Å². The SMILES string of the molecule is CCNC(=O)CN1CCCN(c2nc(-c3cccnc3)nc3c2CCC3)CC1. The normalized spacial score (nSPS) is 17.2. The number of hydrogen-bond donors (Lipinski definition) is 1. The molecular formula is C21H28N6O. The molecule has 1 saturated heterocycles. The van der Waals surface area contributed by atoms with Gasteiger partial charge in [0.1, 0.15) is 5.82 Å². The summed E-state index contributed by atoms with van der Waals surface area (Å²) in [5, 5.41) is 2.89. The smallest absolute Gasteiger partial charge is 0.234 e. The second-order valence-electron chi connectivity index (χ2n) is 7.46. The maximum atomic E-state index is 11.9. The summed E-state index contributed by atoms with van der Waals surface area (Å²) in [6.45, 7) is 6.77. The van der Waals surface area contributed by atoms with Crippen LogP contribution < -0.4 is 10.2 Å². The predicted octanol–water partition coefficient (Wildman–Crippen LogP) is 1.68. The largest absolute Gasteiger partial charge is 0.355 e. The van der Waals surface area contributed by atoms with Crippen molar-refractivity contribution in [3.8, 4) is 11.4 Å². The summed E-state index contributed by atoms with van der Waals surface area (Å²) in [5.41, 5.74) is 3.46. The number of nitrogens with one attached hydrogen (secondary N) is 1. The molecule has 0 unspecified atom stereocenters. The molecule has 0 aromatic carbocycles. The van der Waals surface area contributed by atoms with E-state index in [0.717, 1.165) is 69.1 Å². The van der Waals surface area contributed by atoms with E-state index in [1.54, 1.807) is 6.20 Å². The number of amides is 1. The highest BCUT2D eigenvalue weighted by atomic mass is 16.2. The molecular weight excluding hydrogens is 352 g/mol. The minimum atomic E-state index is 0.109. The molecule has 1 fully saturated rings. The molecule has 1 aliphatic heterocycles. The highest BCUT2D eigenvalue weighted by Crippen LogP contribution is 2.31. The van der Waals surface area contributed by atoms with E-state index in [9.17, 15) is 4.79 Å². The second kappa shape index (κ2) is 8.65. The third-order valence-corrected chi connectivity index (χ3v) is 5.46. The third kappa shape index (κ3) is 4.14. The van der Waals surface area contributed by atoms with Gasteiger partial charge in [-0.2, -0.15) is 0 Å². The van der Waals surface area contributed by atoms with Gasteiger partial charge < -0.3 is 10.2 Å². The van der Waals surface area contributed by atoms with Gasteiger partial charge in [0.25, 0.3) is 0 Å². The number of carbonyl (C=O) groups excluding carboxylic acids is 1. The molecule has 2 aromatic heterocycles. The van der Waals surface area contributed by atoms with E-state index in [-0.39, 0.29) is 5.91 Å². The number of nitrogens with zero attached hydrogens (tertiary/aromatic N) is 5. The van der Waals surface area contributed by atoms with Gasteiger partial charge >= 0.3 is 0 Å². The molecule has 1 N–H and O–H groups in total. The van der Waals surface area contributed by atoms with Crippen LogP contribution in [0.2, 0.25) is 0 Å². The molecule has 148 valence electrons. The number of fused-ring (bicyclic) bond motifs is 1. The molecule has 1 amide bonds. The quantitative estimate of drug-likeness (QED) is 0.851. The van der Waals surface area contributed by atoms with Gasteiger partial charge in [-0.25, -0.2) is 9.97 Å². The van der Waals surface area contributed by atoms with Crippen molar-refractivity contribution < 1.29 is 4.79 Å². The number of hydrogen-bond acceptors (Lipinski definition) is 6. The lowest BCUT2D eigenvalue weighted by atomic mass is 10.2. The van der Waals surface area contributed by atoms with Crippen molar-refractivity contribution in [2.45, 2.75) is 32.6 Å². The number of aromatic nitrogens is 3.